The Morgan fingerprint density at radius 2 is 2.20 bits per heavy atom. The van der Waals surface area contributed by atoms with E-state index in [0.29, 0.717) is 5.92 Å². The van der Waals surface area contributed by atoms with Crippen molar-refractivity contribution < 1.29 is 5.11 Å². The molecule has 1 heteroatoms. The van der Waals surface area contributed by atoms with Crippen LogP contribution in [-0.4, -0.2) is 11.2 Å². The quantitative estimate of drug-likeness (QED) is 0.505. The molecule has 0 aromatic carbocycles. The van der Waals surface area contributed by atoms with E-state index in [1.807, 2.05) is 0 Å². The van der Waals surface area contributed by atoms with E-state index in [1.54, 1.807) is 0 Å². The lowest BCUT2D eigenvalue weighted by atomic mass is 9.99. The molecule has 0 saturated heterocycles. The van der Waals surface area contributed by atoms with Crippen molar-refractivity contribution >= 4 is 0 Å². The van der Waals surface area contributed by atoms with Gasteiger partial charge in [-0.05, 0) is 36.7 Å². The Kier molecular flexibility index (Phi) is 1.34. The number of aliphatic hydroxyl groups excluding tert-OH is 1. The second-order valence-corrected chi connectivity index (χ2v) is 3.66. The van der Waals surface area contributed by atoms with Crippen LogP contribution >= 0.6 is 0 Å². The number of fused-ring (bicyclic) bond motifs is 1. The van der Waals surface area contributed by atoms with E-state index in [-0.39, 0.29) is 6.10 Å². The predicted molar refractivity (Wildman–Crippen MR) is 40.6 cm³/mol. The average Bonchev–Trinajstić information content (AvgIpc) is 2.41. The van der Waals surface area contributed by atoms with Gasteiger partial charge in [-0.1, -0.05) is 13.0 Å². The molecular weight excluding hydrogens is 124 g/mol. The fraction of sp³-hybridized carbons (Fsp3) is 0.778. The smallest absolute Gasteiger partial charge is 0.0778 e. The molecule has 10 heavy (non-hydrogen) atoms. The van der Waals surface area contributed by atoms with Crippen LogP contribution in [0.2, 0.25) is 0 Å². The molecule has 2 saturated carbocycles. The van der Waals surface area contributed by atoms with E-state index in [0.717, 1.165) is 17.9 Å². The fourth-order valence-electron chi connectivity index (χ4n) is 2.49. The lowest BCUT2D eigenvalue weighted by molar-refractivity contribution is 0.152. The minimum atomic E-state index is -0.160. The minimum absolute atomic E-state index is 0.160. The Bertz CT molecular complexity index is 162. The van der Waals surface area contributed by atoms with E-state index in [1.165, 1.54) is 19.3 Å². The Morgan fingerprint density at radius 3 is 2.90 bits per heavy atom. The van der Waals surface area contributed by atoms with Gasteiger partial charge in [0.05, 0.1) is 6.10 Å². The topological polar surface area (TPSA) is 20.2 Å². The molecule has 0 aromatic rings. The van der Waals surface area contributed by atoms with Crippen LogP contribution < -0.4 is 0 Å². The lowest BCUT2D eigenvalue weighted by Gasteiger charge is -2.11. The zero-order valence-electron chi connectivity index (χ0n) is 6.21. The molecule has 0 bridgehead atoms. The monoisotopic (exact) mass is 138 g/mol. The third kappa shape index (κ3) is 0.734. The molecule has 0 aliphatic heterocycles. The van der Waals surface area contributed by atoms with Gasteiger partial charge in [0, 0.05) is 0 Å². The maximum absolute atomic E-state index is 9.57. The zero-order chi connectivity index (χ0) is 7.14. The van der Waals surface area contributed by atoms with Crippen LogP contribution in [0.4, 0.5) is 0 Å². The summed E-state index contributed by atoms with van der Waals surface area (Å²) >= 11 is 0. The van der Waals surface area contributed by atoms with Crippen molar-refractivity contribution in [3.05, 3.63) is 12.2 Å². The first-order valence-corrected chi connectivity index (χ1v) is 4.15. The molecule has 0 heterocycles. The van der Waals surface area contributed by atoms with Crippen molar-refractivity contribution in [2.75, 3.05) is 0 Å². The predicted octanol–water partition coefficient (Wildman–Crippen LogP) is 1.72. The highest BCUT2D eigenvalue weighted by Gasteiger charge is 2.40. The molecule has 2 fully saturated rings. The number of hydrogen-bond acceptors (Lipinski definition) is 1. The maximum Gasteiger partial charge on any atom is 0.0778 e. The Balaban J connectivity index is 2.16. The SMILES string of the molecule is C=C1CC2CCCC2C1O. The molecule has 2 aliphatic carbocycles. The zero-order valence-corrected chi connectivity index (χ0v) is 6.21. The van der Waals surface area contributed by atoms with E-state index >= 15 is 0 Å². The first-order chi connectivity index (χ1) is 4.79. The van der Waals surface area contributed by atoms with Gasteiger partial charge in [-0.25, -0.2) is 0 Å². The van der Waals surface area contributed by atoms with Crippen molar-refractivity contribution in [2.45, 2.75) is 31.8 Å². The Morgan fingerprint density at radius 1 is 1.40 bits per heavy atom. The molecule has 0 radical (unpaired) electrons. The number of rotatable bonds is 0. The molecule has 0 spiro atoms. The van der Waals surface area contributed by atoms with E-state index < -0.39 is 0 Å². The molecular formula is C9H14O. The van der Waals surface area contributed by atoms with Gasteiger partial charge in [-0.2, -0.15) is 0 Å². The summed E-state index contributed by atoms with van der Waals surface area (Å²) in [5, 5.41) is 9.57. The van der Waals surface area contributed by atoms with Crippen LogP contribution in [0.15, 0.2) is 12.2 Å². The van der Waals surface area contributed by atoms with Gasteiger partial charge < -0.3 is 5.11 Å². The second kappa shape index (κ2) is 2.09. The van der Waals surface area contributed by atoms with Crippen molar-refractivity contribution in [1.82, 2.24) is 0 Å². The van der Waals surface area contributed by atoms with Gasteiger partial charge in [-0.15, -0.1) is 0 Å². The molecule has 0 amide bonds. The average molecular weight is 138 g/mol. The molecule has 56 valence electrons. The molecule has 0 aromatic heterocycles. The van der Waals surface area contributed by atoms with Crippen LogP contribution in [0.1, 0.15) is 25.7 Å². The van der Waals surface area contributed by atoms with E-state index in [2.05, 4.69) is 6.58 Å². The van der Waals surface area contributed by atoms with Crippen LogP contribution in [-0.2, 0) is 0 Å². The second-order valence-electron chi connectivity index (χ2n) is 3.66. The molecule has 3 unspecified atom stereocenters. The summed E-state index contributed by atoms with van der Waals surface area (Å²) in [6.07, 6.45) is 4.80. The van der Waals surface area contributed by atoms with E-state index in [4.69, 9.17) is 0 Å². The van der Waals surface area contributed by atoms with Gasteiger partial charge >= 0.3 is 0 Å². The third-order valence-corrected chi connectivity index (χ3v) is 3.07. The first-order valence-electron chi connectivity index (χ1n) is 4.15. The van der Waals surface area contributed by atoms with Crippen molar-refractivity contribution in [1.29, 1.82) is 0 Å². The van der Waals surface area contributed by atoms with Gasteiger partial charge in [0.2, 0.25) is 0 Å². The van der Waals surface area contributed by atoms with Crippen LogP contribution in [0.3, 0.4) is 0 Å². The van der Waals surface area contributed by atoms with Crippen molar-refractivity contribution in [2.24, 2.45) is 11.8 Å². The van der Waals surface area contributed by atoms with E-state index in [9.17, 15) is 5.11 Å². The van der Waals surface area contributed by atoms with Gasteiger partial charge in [0.15, 0.2) is 0 Å². The number of aliphatic hydroxyl groups is 1. The highest BCUT2D eigenvalue weighted by Crippen LogP contribution is 2.45. The van der Waals surface area contributed by atoms with Crippen LogP contribution in [0, 0.1) is 11.8 Å². The summed E-state index contributed by atoms with van der Waals surface area (Å²) in [5.74, 6) is 1.36. The normalized spacial score (nSPS) is 46.1. The molecule has 1 N–H and O–H groups in total. The molecule has 2 aliphatic rings. The summed E-state index contributed by atoms with van der Waals surface area (Å²) < 4.78 is 0. The molecule has 1 nitrogen and oxygen atoms in total. The summed E-state index contributed by atoms with van der Waals surface area (Å²) in [6.45, 7) is 3.87. The molecule has 2 rings (SSSR count). The lowest BCUT2D eigenvalue weighted by Crippen LogP contribution is -2.14. The summed E-state index contributed by atoms with van der Waals surface area (Å²) in [6, 6.07) is 0. The Hall–Kier alpha value is -0.300. The van der Waals surface area contributed by atoms with Gasteiger partial charge in [-0.3, -0.25) is 0 Å². The highest BCUT2D eigenvalue weighted by atomic mass is 16.3. The Labute approximate surface area is 61.8 Å². The van der Waals surface area contributed by atoms with Crippen LogP contribution in [0.25, 0.3) is 0 Å². The summed E-state index contributed by atoms with van der Waals surface area (Å²) in [7, 11) is 0. The van der Waals surface area contributed by atoms with Crippen LogP contribution in [0.5, 0.6) is 0 Å². The van der Waals surface area contributed by atoms with Crippen molar-refractivity contribution in [3.63, 3.8) is 0 Å². The van der Waals surface area contributed by atoms with Gasteiger partial charge in [0.1, 0.15) is 0 Å². The minimum Gasteiger partial charge on any atom is -0.388 e. The first kappa shape index (κ1) is 6.41. The highest BCUT2D eigenvalue weighted by molar-refractivity contribution is 5.14. The third-order valence-electron chi connectivity index (χ3n) is 3.07. The number of hydrogen-bond donors (Lipinski definition) is 1. The van der Waals surface area contributed by atoms with Gasteiger partial charge in [0.25, 0.3) is 0 Å². The maximum atomic E-state index is 9.57. The fourth-order valence-corrected chi connectivity index (χ4v) is 2.49. The molecule has 3 atom stereocenters. The summed E-state index contributed by atoms with van der Waals surface area (Å²) in [4.78, 5) is 0. The largest absolute Gasteiger partial charge is 0.388 e. The van der Waals surface area contributed by atoms with Crippen molar-refractivity contribution in [3.8, 4) is 0 Å². The standard InChI is InChI=1S/C9H14O/c1-6-5-7-3-2-4-8(7)9(6)10/h7-10H,1-5H2. The summed E-state index contributed by atoms with van der Waals surface area (Å²) in [5.41, 5.74) is 1.08.